The average Bonchev–Trinajstić information content (AvgIpc) is 2.30. The zero-order valence-electron chi connectivity index (χ0n) is 11.1. The van der Waals surface area contributed by atoms with Crippen LogP contribution in [0.1, 0.15) is 5.56 Å². The molecule has 0 unspecified atom stereocenters. The van der Waals surface area contributed by atoms with E-state index in [4.69, 9.17) is 16.7 Å². The molecule has 0 saturated carbocycles. The van der Waals surface area contributed by atoms with E-state index in [0.29, 0.717) is 23.7 Å². The van der Waals surface area contributed by atoms with Crippen molar-refractivity contribution in [3.8, 4) is 0 Å². The van der Waals surface area contributed by atoms with Gasteiger partial charge in [0.2, 0.25) is 0 Å². The number of rotatable bonds is 7. The van der Waals surface area contributed by atoms with Crippen LogP contribution in [0.4, 0.5) is 4.39 Å². The van der Waals surface area contributed by atoms with Gasteiger partial charge in [0, 0.05) is 30.2 Å². The van der Waals surface area contributed by atoms with Gasteiger partial charge in [0.25, 0.3) is 0 Å². The van der Waals surface area contributed by atoms with Crippen molar-refractivity contribution < 1.29 is 14.3 Å². The number of halogens is 2. The molecule has 0 spiro atoms. The van der Waals surface area contributed by atoms with Crippen LogP contribution in [-0.2, 0) is 11.3 Å². The lowest BCUT2D eigenvalue weighted by atomic mass is 10.2. The molecule has 0 aromatic heterocycles. The maximum atomic E-state index is 13.7. The highest BCUT2D eigenvalue weighted by atomic mass is 35.5. The molecule has 0 heterocycles. The van der Waals surface area contributed by atoms with Crippen molar-refractivity contribution in [2.75, 3.05) is 33.7 Å². The summed E-state index contributed by atoms with van der Waals surface area (Å²) in [5.74, 6) is -1.35. The van der Waals surface area contributed by atoms with Gasteiger partial charge in [0.1, 0.15) is 5.82 Å². The predicted molar refractivity (Wildman–Crippen MR) is 72.9 cm³/mol. The lowest BCUT2D eigenvalue weighted by Crippen LogP contribution is -2.35. The van der Waals surface area contributed by atoms with Crippen molar-refractivity contribution in [1.29, 1.82) is 0 Å². The van der Waals surface area contributed by atoms with Crippen LogP contribution in [0.15, 0.2) is 18.2 Å². The lowest BCUT2D eigenvalue weighted by Gasteiger charge is -2.23. The van der Waals surface area contributed by atoms with E-state index in [9.17, 15) is 9.18 Å². The van der Waals surface area contributed by atoms with Gasteiger partial charge in [-0.25, -0.2) is 4.39 Å². The number of likely N-dealkylation sites (N-methyl/N-ethyl adjacent to an activating group) is 1. The molecule has 4 nitrogen and oxygen atoms in total. The van der Waals surface area contributed by atoms with Crippen LogP contribution < -0.4 is 0 Å². The molecule has 0 aliphatic heterocycles. The number of carboxylic acids is 1. The SMILES string of the molecule is CN(C)CCN(CC(=O)O)Cc1c(F)cccc1Cl. The van der Waals surface area contributed by atoms with Gasteiger partial charge in [-0.15, -0.1) is 0 Å². The number of carboxylic acid groups (broad SMARTS) is 1. The van der Waals surface area contributed by atoms with Crippen molar-refractivity contribution in [1.82, 2.24) is 9.80 Å². The van der Waals surface area contributed by atoms with Crippen molar-refractivity contribution in [3.05, 3.63) is 34.6 Å². The zero-order chi connectivity index (χ0) is 14.4. The third kappa shape index (κ3) is 5.55. The Morgan fingerprint density at radius 3 is 2.58 bits per heavy atom. The number of aliphatic carboxylic acids is 1. The number of benzene rings is 1. The van der Waals surface area contributed by atoms with Crippen LogP contribution in [0, 0.1) is 5.82 Å². The zero-order valence-corrected chi connectivity index (χ0v) is 11.8. The van der Waals surface area contributed by atoms with E-state index in [0.717, 1.165) is 0 Å². The molecule has 1 rings (SSSR count). The van der Waals surface area contributed by atoms with Crippen molar-refractivity contribution >= 4 is 17.6 Å². The van der Waals surface area contributed by atoms with Crippen LogP contribution >= 0.6 is 11.6 Å². The second-order valence-corrected chi connectivity index (χ2v) is 5.02. The molecule has 1 aromatic carbocycles. The van der Waals surface area contributed by atoms with E-state index in [1.54, 1.807) is 11.0 Å². The molecule has 0 amide bonds. The first-order chi connectivity index (χ1) is 8.90. The van der Waals surface area contributed by atoms with Crippen LogP contribution in [0.2, 0.25) is 5.02 Å². The summed E-state index contributed by atoms with van der Waals surface area (Å²) in [6.45, 7) is 1.27. The minimum absolute atomic E-state index is 0.140. The molecular weight excluding hydrogens is 271 g/mol. The topological polar surface area (TPSA) is 43.8 Å². The Labute approximate surface area is 117 Å². The fraction of sp³-hybridized carbons (Fsp3) is 0.462. The van der Waals surface area contributed by atoms with Gasteiger partial charge >= 0.3 is 5.97 Å². The molecule has 19 heavy (non-hydrogen) atoms. The Hall–Kier alpha value is -1.17. The van der Waals surface area contributed by atoms with Crippen LogP contribution in [-0.4, -0.2) is 54.6 Å². The van der Waals surface area contributed by atoms with E-state index in [1.807, 2.05) is 19.0 Å². The molecule has 0 fully saturated rings. The number of hydrogen-bond donors (Lipinski definition) is 1. The monoisotopic (exact) mass is 288 g/mol. The van der Waals surface area contributed by atoms with Crippen molar-refractivity contribution in [2.45, 2.75) is 6.54 Å². The molecule has 0 aliphatic carbocycles. The van der Waals surface area contributed by atoms with Gasteiger partial charge in [-0.3, -0.25) is 9.69 Å². The van der Waals surface area contributed by atoms with E-state index in [-0.39, 0.29) is 13.1 Å². The van der Waals surface area contributed by atoms with Crippen molar-refractivity contribution in [3.63, 3.8) is 0 Å². The van der Waals surface area contributed by atoms with Gasteiger partial charge < -0.3 is 10.0 Å². The Morgan fingerprint density at radius 2 is 2.05 bits per heavy atom. The molecule has 0 radical (unpaired) electrons. The van der Waals surface area contributed by atoms with E-state index in [2.05, 4.69) is 0 Å². The maximum absolute atomic E-state index is 13.7. The molecular formula is C13H18ClFN2O2. The van der Waals surface area contributed by atoms with E-state index >= 15 is 0 Å². The number of nitrogens with zero attached hydrogens (tertiary/aromatic N) is 2. The molecule has 0 atom stereocenters. The van der Waals surface area contributed by atoms with Gasteiger partial charge in [-0.1, -0.05) is 17.7 Å². The third-order valence-electron chi connectivity index (χ3n) is 2.67. The average molecular weight is 289 g/mol. The second-order valence-electron chi connectivity index (χ2n) is 4.61. The molecule has 0 bridgehead atoms. The van der Waals surface area contributed by atoms with Crippen LogP contribution in [0.5, 0.6) is 0 Å². The Morgan fingerprint density at radius 1 is 1.37 bits per heavy atom. The van der Waals surface area contributed by atoms with Crippen LogP contribution in [0.25, 0.3) is 0 Å². The van der Waals surface area contributed by atoms with Gasteiger partial charge in [-0.2, -0.15) is 0 Å². The Balaban J connectivity index is 2.78. The summed E-state index contributed by atoms with van der Waals surface area (Å²) in [5.41, 5.74) is 0.337. The first-order valence-corrected chi connectivity index (χ1v) is 6.29. The standard InChI is InChI=1S/C13H18ClFN2O2/c1-16(2)6-7-17(9-13(18)19)8-10-11(14)4-3-5-12(10)15/h3-5H,6-9H2,1-2H3,(H,18,19). The summed E-state index contributed by atoms with van der Waals surface area (Å²) in [4.78, 5) is 14.4. The first kappa shape index (κ1) is 15.9. The Bertz CT molecular complexity index is 420. The second kappa shape index (κ2) is 7.43. The minimum atomic E-state index is -0.939. The molecule has 1 aromatic rings. The summed E-state index contributed by atoms with van der Waals surface area (Å²) in [7, 11) is 3.80. The van der Waals surface area contributed by atoms with Crippen molar-refractivity contribution in [2.24, 2.45) is 0 Å². The molecule has 0 saturated heterocycles. The molecule has 0 aliphatic rings. The number of carbonyl (C=O) groups is 1. The highest BCUT2D eigenvalue weighted by molar-refractivity contribution is 6.31. The molecule has 106 valence electrons. The van der Waals surface area contributed by atoms with E-state index < -0.39 is 11.8 Å². The highest BCUT2D eigenvalue weighted by Crippen LogP contribution is 2.20. The number of hydrogen-bond acceptors (Lipinski definition) is 3. The maximum Gasteiger partial charge on any atom is 0.317 e. The fourth-order valence-corrected chi connectivity index (χ4v) is 1.88. The third-order valence-corrected chi connectivity index (χ3v) is 3.02. The summed E-state index contributed by atoms with van der Waals surface area (Å²) in [6.07, 6.45) is 0. The normalized spacial score (nSPS) is 11.3. The van der Waals surface area contributed by atoms with E-state index in [1.165, 1.54) is 12.1 Å². The van der Waals surface area contributed by atoms with Gasteiger partial charge in [0.15, 0.2) is 0 Å². The Kier molecular flexibility index (Phi) is 6.21. The lowest BCUT2D eigenvalue weighted by molar-refractivity contribution is -0.138. The largest absolute Gasteiger partial charge is 0.480 e. The predicted octanol–water partition coefficient (Wildman–Crippen LogP) is 1.93. The summed E-state index contributed by atoms with van der Waals surface area (Å²) >= 11 is 5.95. The minimum Gasteiger partial charge on any atom is -0.480 e. The summed E-state index contributed by atoms with van der Waals surface area (Å²) in [6, 6.07) is 4.46. The summed E-state index contributed by atoms with van der Waals surface area (Å²) < 4.78 is 13.7. The first-order valence-electron chi connectivity index (χ1n) is 5.92. The quantitative estimate of drug-likeness (QED) is 0.833. The highest BCUT2D eigenvalue weighted by Gasteiger charge is 2.15. The smallest absolute Gasteiger partial charge is 0.317 e. The molecule has 6 heteroatoms. The fourth-order valence-electron chi connectivity index (χ4n) is 1.65. The van der Waals surface area contributed by atoms with Gasteiger partial charge in [0.05, 0.1) is 6.54 Å². The molecule has 1 N–H and O–H groups in total. The van der Waals surface area contributed by atoms with Gasteiger partial charge in [-0.05, 0) is 26.2 Å². The van der Waals surface area contributed by atoms with Crippen LogP contribution in [0.3, 0.4) is 0 Å². The summed E-state index contributed by atoms with van der Waals surface area (Å²) in [5, 5.41) is 9.20.